The third-order valence-corrected chi connectivity index (χ3v) is 3.53. The van der Waals surface area contributed by atoms with Crippen LogP contribution in [0.2, 0.25) is 0 Å². The number of rotatable bonds is 5. The van der Waals surface area contributed by atoms with Crippen LogP contribution in [0.3, 0.4) is 0 Å². The number of aryl methyl sites for hydroxylation is 1. The number of amides is 1. The van der Waals surface area contributed by atoms with Crippen LogP contribution >= 0.6 is 11.3 Å². The Bertz CT molecular complexity index is 376. The Morgan fingerprint density at radius 3 is 2.65 bits per heavy atom. The molecule has 0 saturated carbocycles. The fourth-order valence-corrected chi connectivity index (χ4v) is 2.35. The largest absolute Gasteiger partial charge is 0.346 e. The Labute approximate surface area is 107 Å². The van der Waals surface area contributed by atoms with Crippen LogP contribution < -0.4 is 11.1 Å². The zero-order valence-corrected chi connectivity index (χ0v) is 11.7. The van der Waals surface area contributed by atoms with Gasteiger partial charge in [-0.25, -0.2) is 4.98 Å². The Hall–Kier alpha value is -0.940. The Kier molecular flexibility index (Phi) is 5.08. The predicted octanol–water partition coefficient (Wildman–Crippen LogP) is 2.00. The molecule has 2 unspecified atom stereocenters. The fourth-order valence-electron chi connectivity index (χ4n) is 1.57. The summed E-state index contributed by atoms with van der Waals surface area (Å²) in [6, 6.07) is -0.502. The van der Waals surface area contributed by atoms with Crippen LogP contribution in [0.15, 0.2) is 6.20 Å². The van der Waals surface area contributed by atoms with Crippen LogP contribution in [0.25, 0.3) is 0 Å². The van der Waals surface area contributed by atoms with Gasteiger partial charge in [0.25, 0.3) is 0 Å². The highest BCUT2D eigenvalue weighted by atomic mass is 32.1. The third kappa shape index (κ3) is 4.44. The molecule has 0 saturated heterocycles. The highest BCUT2D eigenvalue weighted by Gasteiger charge is 2.18. The number of nitrogens with one attached hydrogen (secondary N) is 1. The molecule has 1 aromatic heterocycles. The molecule has 0 aliphatic heterocycles. The summed E-state index contributed by atoms with van der Waals surface area (Å²) in [7, 11) is 0. The van der Waals surface area contributed by atoms with E-state index in [1.807, 2.05) is 20.0 Å². The smallest absolute Gasteiger partial charge is 0.237 e. The molecule has 1 rings (SSSR count). The minimum Gasteiger partial charge on any atom is -0.346 e. The van der Waals surface area contributed by atoms with Crippen molar-refractivity contribution in [2.75, 3.05) is 0 Å². The quantitative estimate of drug-likeness (QED) is 0.845. The van der Waals surface area contributed by atoms with Crippen molar-refractivity contribution in [3.8, 4) is 0 Å². The fraction of sp³-hybridized carbons (Fsp3) is 0.667. The van der Waals surface area contributed by atoms with Crippen LogP contribution in [0.5, 0.6) is 0 Å². The summed E-state index contributed by atoms with van der Waals surface area (Å²) in [4.78, 5) is 17.2. The highest BCUT2D eigenvalue weighted by Crippen LogP contribution is 2.19. The van der Waals surface area contributed by atoms with E-state index in [1.165, 1.54) is 0 Å². The summed E-state index contributed by atoms with van der Waals surface area (Å²) in [6.45, 7) is 8.04. The lowest BCUT2D eigenvalue weighted by atomic mass is 10.0. The zero-order chi connectivity index (χ0) is 13.0. The van der Waals surface area contributed by atoms with Gasteiger partial charge in [-0.3, -0.25) is 4.79 Å². The second kappa shape index (κ2) is 6.12. The number of carbonyl (C=O) groups is 1. The molecule has 0 bridgehead atoms. The van der Waals surface area contributed by atoms with Crippen LogP contribution in [0, 0.1) is 12.8 Å². The molecule has 96 valence electrons. The minimum atomic E-state index is -0.432. The van der Waals surface area contributed by atoms with Gasteiger partial charge in [0.05, 0.1) is 12.1 Å². The van der Waals surface area contributed by atoms with E-state index in [9.17, 15) is 4.79 Å². The molecular formula is C12H21N3OS. The molecule has 0 fully saturated rings. The lowest BCUT2D eigenvalue weighted by Crippen LogP contribution is -2.42. The van der Waals surface area contributed by atoms with Crippen molar-refractivity contribution in [3.05, 3.63) is 16.1 Å². The maximum atomic E-state index is 11.8. The molecule has 5 heteroatoms. The standard InChI is InChI=1S/C12H21N3OS/c1-7(2)5-10(13)11(16)15-9(4)12-14-6-8(3)17-12/h6-7,9-10H,5,13H2,1-4H3,(H,15,16). The SMILES string of the molecule is Cc1cnc(C(C)NC(=O)C(N)CC(C)C)s1. The van der Waals surface area contributed by atoms with Gasteiger partial charge in [-0.2, -0.15) is 0 Å². The van der Waals surface area contributed by atoms with Crippen LogP contribution in [0.1, 0.15) is 43.1 Å². The van der Waals surface area contributed by atoms with Crippen molar-refractivity contribution in [1.29, 1.82) is 0 Å². The van der Waals surface area contributed by atoms with E-state index < -0.39 is 6.04 Å². The van der Waals surface area contributed by atoms with Gasteiger partial charge >= 0.3 is 0 Å². The normalized spacial score (nSPS) is 14.7. The first-order chi connectivity index (χ1) is 7.90. The van der Waals surface area contributed by atoms with Gasteiger partial charge in [-0.1, -0.05) is 13.8 Å². The van der Waals surface area contributed by atoms with Crippen molar-refractivity contribution < 1.29 is 4.79 Å². The van der Waals surface area contributed by atoms with Crippen molar-refractivity contribution >= 4 is 17.2 Å². The first-order valence-corrected chi connectivity index (χ1v) is 6.70. The van der Waals surface area contributed by atoms with Crippen molar-refractivity contribution in [2.24, 2.45) is 11.7 Å². The van der Waals surface area contributed by atoms with Crippen LogP contribution in [0.4, 0.5) is 0 Å². The number of aromatic nitrogens is 1. The third-order valence-electron chi connectivity index (χ3n) is 2.43. The molecule has 0 aliphatic rings. The summed E-state index contributed by atoms with van der Waals surface area (Å²) in [6.07, 6.45) is 2.52. The van der Waals surface area contributed by atoms with E-state index in [-0.39, 0.29) is 11.9 Å². The van der Waals surface area contributed by atoms with E-state index in [0.29, 0.717) is 12.3 Å². The first-order valence-electron chi connectivity index (χ1n) is 5.88. The van der Waals surface area contributed by atoms with Gasteiger partial charge in [-0.05, 0) is 26.2 Å². The summed E-state index contributed by atoms with van der Waals surface area (Å²) < 4.78 is 0. The summed E-state index contributed by atoms with van der Waals surface area (Å²) >= 11 is 1.60. The van der Waals surface area contributed by atoms with Gasteiger partial charge in [0.2, 0.25) is 5.91 Å². The molecule has 2 atom stereocenters. The minimum absolute atomic E-state index is 0.0700. The van der Waals surface area contributed by atoms with E-state index in [1.54, 1.807) is 11.3 Å². The number of hydrogen-bond acceptors (Lipinski definition) is 4. The van der Waals surface area contributed by atoms with E-state index >= 15 is 0 Å². The van der Waals surface area contributed by atoms with Crippen molar-refractivity contribution in [2.45, 2.75) is 46.2 Å². The van der Waals surface area contributed by atoms with Gasteiger partial charge in [0.1, 0.15) is 5.01 Å². The number of nitrogens with two attached hydrogens (primary N) is 1. The maximum Gasteiger partial charge on any atom is 0.237 e. The molecule has 1 heterocycles. The topological polar surface area (TPSA) is 68.0 Å². The Morgan fingerprint density at radius 1 is 1.53 bits per heavy atom. The van der Waals surface area contributed by atoms with E-state index in [0.717, 1.165) is 9.88 Å². The molecule has 0 spiro atoms. The molecule has 17 heavy (non-hydrogen) atoms. The molecular weight excluding hydrogens is 234 g/mol. The summed E-state index contributed by atoms with van der Waals surface area (Å²) in [5.41, 5.74) is 5.82. The summed E-state index contributed by atoms with van der Waals surface area (Å²) in [5, 5.41) is 3.82. The second-order valence-corrected chi connectivity index (χ2v) is 6.04. The van der Waals surface area contributed by atoms with Gasteiger partial charge in [0, 0.05) is 11.1 Å². The molecule has 0 aromatic carbocycles. The molecule has 1 aromatic rings. The van der Waals surface area contributed by atoms with Crippen LogP contribution in [-0.4, -0.2) is 16.9 Å². The van der Waals surface area contributed by atoms with E-state index in [4.69, 9.17) is 5.73 Å². The number of thiazole rings is 1. The zero-order valence-electron chi connectivity index (χ0n) is 10.9. The molecule has 3 N–H and O–H groups in total. The monoisotopic (exact) mass is 255 g/mol. The van der Waals surface area contributed by atoms with Crippen molar-refractivity contribution in [3.63, 3.8) is 0 Å². The number of hydrogen-bond donors (Lipinski definition) is 2. The Balaban J connectivity index is 2.51. The van der Waals surface area contributed by atoms with Gasteiger partial charge in [0.15, 0.2) is 0 Å². The van der Waals surface area contributed by atoms with Crippen LogP contribution in [-0.2, 0) is 4.79 Å². The molecule has 0 radical (unpaired) electrons. The number of nitrogens with zero attached hydrogens (tertiary/aromatic N) is 1. The van der Waals surface area contributed by atoms with E-state index in [2.05, 4.69) is 24.1 Å². The maximum absolute atomic E-state index is 11.8. The summed E-state index contributed by atoms with van der Waals surface area (Å²) in [5.74, 6) is 0.326. The molecule has 0 aliphatic carbocycles. The lowest BCUT2D eigenvalue weighted by molar-refractivity contribution is -0.123. The second-order valence-electron chi connectivity index (χ2n) is 4.78. The van der Waals surface area contributed by atoms with Gasteiger partial charge in [-0.15, -0.1) is 11.3 Å². The highest BCUT2D eigenvalue weighted by molar-refractivity contribution is 7.11. The first kappa shape index (κ1) is 14.1. The number of carbonyl (C=O) groups excluding carboxylic acids is 1. The predicted molar refractivity (Wildman–Crippen MR) is 70.8 cm³/mol. The van der Waals surface area contributed by atoms with Gasteiger partial charge < -0.3 is 11.1 Å². The molecule has 4 nitrogen and oxygen atoms in total. The Morgan fingerprint density at radius 2 is 2.18 bits per heavy atom. The van der Waals surface area contributed by atoms with Crippen molar-refractivity contribution in [1.82, 2.24) is 10.3 Å². The lowest BCUT2D eigenvalue weighted by Gasteiger charge is -2.17. The molecule has 1 amide bonds. The average molecular weight is 255 g/mol. The average Bonchev–Trinajstić information content (AvgIpc) is 2.63.